The van der Waals surface area contributed by atoms with Crippen LogP contribution in [0.4, 0.5) is 5.69 Å². The lowest BCUT2D eigenvalue weighted by molar-refractivity contribution is -0.121. The molecule has 0 bridgehead atoms. The summed E-state index contributed by atoms with van der Waals surface area (Å²) in [6.07, 6.45) is 1.34. The van der Waals surface area contributed by atoms with E-state index in [-0.39, 0.29) is 18.4 Å². The lowest BCUT2D eigenvalue weighted by atomic mass is 10.1. The molecule has 0 saturated heterocycles. The molecular formula is C18H22N2O4S. The summed E-state index contributed by atoms with van der Waals surface area (Å²) in [4.78, 5) is 12.2. The molecule has 7 heteroatoms. The minimum Gasteiger partial charge on any atom is -0.497 e. The highest BCUT2D eigenvalue weighted by Gasteiger charge is 2.12. The van der Waals surface area contributed by atoms with E-state index in [4.69, 9.17) is 4.74 Å². The zero-order chi connectivity index (χ0) is 18.4. The molecule has 6 nitrogen and oxygen atoms in total. The van der Waals surface area contributed by atoms with Gasteiger partial charge in [0.2, 0.25) is 15.9 Å². The van der Waals surface area contributed by atoms with Gasteiger partial charge in [-0.25, -0.2) is 8.42 Å². The fourth-order valence-electron chi connectivity index (χ4n) is 2.43. The molecule has 1 atom stereocenters. The van der Waals surface area contributed by atoms with Crippen LogP contribution in [-0.4, -0.2) is 27.7 Å². The summed E-state index contributed by atoms with van der Waals surface area (Å²) in [7, 11) is -1.76. The average molecular weight is 362 g/mol. The van der Waals surface area contributed by atoms with Crippen LogP contribution in [0.25, 0.3) is 0 Å². The van der Waals surface area contributed by atoms with Gasteiger partial charge in [0, 0.05) is 5.69 Å². The number of methoxy groups -OCH3 is 1. The predicted molar refractivity (Wildman–Crippen MR) is 98.2 cm³/mol. The highest BCUT2D eigenvalue weighted by atomic mass is 32.2. The third kappa shape index (κ3) is 6.11. The summed E-state index contributed by atoms with van der Waals surface area (Å²) >= 11 is 0. The number of benzene rings is 2. The smallest absolute Gasteiger partial charge is 0.229 e. The predicted octanol–water partition coefficient (Wildman–Crippen LogP) is 2.49. The Hall–Kier alpha value is -2.54. The van der Waals surface area contributed by atoms with Crippen molar-refractivity contribution in [3.05, 3.63) is 59.7 Å². The van der Waals surface area contributed by atoms with Crippen molar-refractivity contribution in [2.45, 2.75) is 19.4 Å². The van der Waals surface area contributed by atoms with Gasteiger partial charge in [-0.15, -0.1) is 0 Å². The summed E-state index contributed by atoms with van der Waals surface area (Å²) in [5.74, 6) is 0.583. The van der Waals surface area contributed by atoms with Crippen LogP contribution in [0.1, 0.15) is 24.1 Å². The maximum absolute atomic E-state index is 12.2. The fraction of sp³-hybridized carbons (Fsp3) is 0.278. The van der Waals surface area contributed by atoms with Crippen LogP contribution in [0.15, 0.2) is 48.5 Å². The van der Waals surface area contributed by atoms with E-state index >= 15 is 0 Å². The van der Waals surface area contributed by atoms with E-state index in [1.165, 1.54) is 0 Å². The van der Waals surface area contributed by atoms with Gasteiger partial charge in [-0.2, -0.15) is 0 Å². The highest BCUT2D eigenvalue weighted by Crippen LogP contribution is 2.19. The highest BCUT2D eigenvalue weighted by molar-refractivity contribution is 7.92. The molecule has 0 heterocycles. The van der Waals surface area contributed by atoms with Crippen molar-refractivity contribution in [3.8, 4) is 5.75 Å². The Kier molecular flexibility index (Phi) is 6.03. The van der Waals surface area contributed by atoms with Crippen LogP contribution in [0.2, 0.25) is 0 Å². The minimum absolute atomic E-state index is 0.123. The largest absolute Gasteiger partial charge is 0.497 e. The third-order valence-corrected chi connectivity index (χ3v) is 4.17. The van der Waals surface area contributed by atoms with Crippen molar-refractivity contribution in [2.24, 2.45) is 0 Å². The van der Waals surface area contributed by atoms with Gasteiger partial charge in [-0.1, -0.05) is 24.3 Å². The second kappa shape index (κ2) is 8.02. The summed E-state index contributed by atoms with van der Waals surface area (Å²) in [6, 6.07) is 14.0. The van der Waals surface area contributed by atoms with E-state index < -0.39 is 10.0 Å². The van der Waals surface area contributed by atoms with Crippen LogP contribution < -0.4 is 14.8 Å². The van der Waals surface area contributed by atoms with Crippen molar-refractivity contribution in [2.75, 3.05) is 18.1 Å². The number of carbonyl (C=O) groups is 1. The zero-order valence-electron chi connectivity index (χ0n) is 14.4. The van der Waals surface area contributed by atoms with Crippen molar-refractivity contribution >= 4 is 21.6 Å². The maximum atomic E-state index is 12.2. The monoisotopic (exact) mass is 362 g/mol. The first-order valence-corrected chi connectivity index (χ1v) is 9.66. The Labute approximate surface area is 148 Å². The van der Waals surface area contributed by atoms with E-state index in [1.807, 2.05) is 37.3 Å². The normalized spacial score (nSPS) is 12.3. The number of amides is 1. The summed E-state index contributed by atoms with van der Waals surface area (Å²) in [5.41, 5.74) is 2.14. The lowest BCUT2D eigenvalue weighted by Crippen LogP contribution is -2.28. The van der Waals surface area contributed by atoms with Gasteiger partial charge in [0.25, 0.3) is 0 Å². The molecule has 0 unspecified atom stereocenters. The molecule has 2 N–H and O–H groups in total. The molecule has 2 aromatic rings. The number of ether oxygens (including phenoxy) is 1. The van der Waals surface area contributed by atoms with Crippen LogP contribution in [0.3, 0.4) is 0 Å². The maximum Gasteiger partial charge on any atom is 0.229 e. The van der Waals surface area contributed by atoms with Gasteiger partial charge < -0.3 is 10.1 Å². The van der Waals surface area contributed by atoms with E-state index in [0.717, 1.165) is 17.4 Å². The molecule has 0 radical (unpaired) electrons. The van der Waals surface area contributed by atoms with Gasteiger partial charge in [-0.05, 0) is 42.3 Å². The molecule has 0 aliphatic carbocycles. The molecule has 2 rings (SSSR count). The molecule has 0 aromatic heterocycles. The topological polar surface area (TPSA) is 84.5 Å². The first-order valence-electron chi connectivity index (χ1n) is 7.77. The molecule has 134 valence electrons. The number of hydrogen-bond donors (Lipinski definition) is 2. The molecule has 2 aromatic carbocycles. The average Bonchev–Trinajstić information content (AvgIpc) is 2.53. The van der Waals surface area contributed by atoms with Crippen molar-refractivity contribution in [1.29, 1.82) is 0 Å². The molecule has 0 spiro atoms. The number of anilines is 1. The van der Waals surface area contributed by atoms with E-state index in [2.05, 4.69) is 10.0 Å². The fourth-order valence-corrected chi connectivity index (χ4v) is 2.98. The number of nitrogens with one attached hydrogen (secondary N) is 2. The number of rotatable bonds is 7. The standard InChI is InChI=1S/C18H22N2O4S/c1-13(15-7-5-8-16(12-15)20-25(3,22)23)19-18(21)11-14-6-4-9-17(10-14)24-2/h4-10,12-13,20H,11H2,1-3H3,(H,19,21)/t13-/m0/s1. The van der Waals surface area contributed by atoms with Gasteiger partial charge in [-0.3, -0.25) is 9.52 Å². The van der Waals surface area contributed by atoms with Gasteiger partial charge in [0.05, 0.1) is 25.8 Å². The van der Waals surface area contributed by atoms with Gasteiger partial charge in [0.15, 0.2) is 0 Å². The first-order chi connectivity index (χ1) is 11.8. The van der Waals surface area contributed by atoms with E-state index in [9.17, 15) is 13.2 Å². The van der Waals surface area contributed by atoms with Crippen LogP contribution >= 0.6 is 0 Å². The molecule has 0 fully saturated rings. The second-order valence-corrected chi connectivity index (χ2v) is 7.57. The molecule has 25 heavy (non-hydrogen) atoms. The first kappa shape index (κ1) is 18.8. The third-order valence-electron chi connectivity index (χ3n) is 3.57. The molecule has 0 saturated carbocycles. The van der Waals surface area contributed by atoms with Gasteiger partial charge >= 0.3 is 0 Å². The van der Waals surface area contributed by atoms with E-state index in [0.29, 0.717) is 11.4 Å². The van der Waals surface area contributed by atoms with Crippen LogP contribution in [0.5, 0.6) is 5.75 Å². The Balaban J connectivity index is 2.02. The lowest BCUT2D eigenvalue weighted by Gasteiger charge is -2.16. The zero-order valence-corrected chi connectivity index (χ0v) is 15.3. The number of carbonyl (C=O) groups excluding carboxylic acids is 1. The van der Waals surface area contributed by atoms with Crippen LogP contribution in [-0.2, 0) is 21.2 Å². The summed E-state index contributed by atoms with van der Waals surface area (Å²) < 4.78 is 30.2. The van der Waals surface area contributed by atoms with Crippen molar-refractivity contribution in [1.82, 2.24) is 5.32 Å². The number of hydrogen-bond acceptors (Lipinski definition) is 4. The molecule has 0 aliphatic rings. The summed E-state index contributed by atoms with van der Waals surface area (Å²) in [5, 5.41) is 2.92. The Morgan fingerprint density at radius 1 is 1.16 bits per heavy atom. The SMILES string of the molecule is COc1cccc(CC(=O)N[C@@H](C)c2cccc(NS(C)(=O)=O)c2)c1. The minimum atomic E-state index is -3.34. The Morgan fingerprint density at radius 2 is 1.88 bits per heavy atom. The molecule has 0 aliphatic heterocycles. The molecular weight excluding hydrogens is 340 g/mol. The van der Waals surface area contributed by atoms with Crippen LogP contribution in [0, 0.1) is 0 Å². The Morgan fingerprint density at radius 3 is 2.56 bits per heavy atom. The quantitative estimate of drug-likeness (QED) is 0.792. The van der Waals surface area contributed by atoms with Crippen molar-refractivity contribution < 1.29 is 17.9 Å². The number of sulfonamides is 1. The van der Waals surface area contributed by atoms with E-state index in [1.54, 1.807) is 25.3 Å². The molecule has 1 amide bonds. The Bertz CT molecular complexity index is 850. The van der Waals surface area contributed by atoms with Gasteiger partial charge in [0.1, 0.15) is 5.75 Å². The van der Waals surface area contributed by atoms with Crippen molar-refractivity contribution in [3.63, 3.8) is 0 Å². The summed E-state index contributed by atoms with van der Waals surface area (Å²) in [6.45, 7) is 1.85. The second-order valence-electron chi connectivity index (χ2n) is 5.82.